The van der Waals surface area contributed by atoms with Gasteiger partial charge in [-0.05, 0) is 17.7 Å². The molecule has 0 spiro atoms. The first kappa shape index (κ1) is 17.2. The van der Waals surface area contributed by atoms with Crippen LogP contribution in [0.25, 0.3) is 0 Å². The zero-order valence-electron chi connectivity index (χ0n) is 10.9. The van der Waals surface area contributed by atoms with E-state index in [1.54, 1.807) is 4.90 Å². The molecule has 20 heavy (non-hydrogen) atoms. The second-order valence-corrected chi connectivity index (χ2v) is 4.66. The van der Waals surface area contributed by atoms with Crippen LogP contribution in [-0.2, 0) is 0 Å². The highest BCUT2D eigenvalue weighted by Crippen LogP contribution is 2.36. The minimum Gasteiger partial charge on any atom is -0.390 e. The number of benzene rings is 1. The van der Waals surface area contributed by atoms with Crippen molar-refractivity contribution in [3.63, 3.8) is 0 Å². The number of rotatable bonds is 4. The summed E-state index contributed by atoms with van der Waals surface area (Å²) in [6.45, 7) is 0.965. The van der Waals surface area contributed by atoms with Crippen molar-refractivity contribution in [1.82, 2.24) is 10.2 Å². The molecule has 0 bridgehead atoms. The van der Waals surface area contributed by atoms with E-state index in [0.717, 1.165) is 12.1 Å². The van der Waals surface area contributed by atoms with Crippen LogP contribution in [-0.4, -0.2) is 48.7 Å². The van der Waals surface area contributed by atoms with Crippen LogP contribution in [0.5, 0.6) is 0 Å². The minimum atomic E-state index is -3.25. The standard InChI is InChI=1S/C13H17F3N2O.ClH/c14-11-3-1-10(2-4-11)12(13(15,16)9-19)18-7-5-17-6-8-18;/h1-4,12,17,19H,5-9H2;1H/t12-;/m0./s1. The van der Waals surface area contributed by atoms with Gasteiger partial charge < -0.3 is 10.4 Å². The molecule has 0 saturated carbocycles. The van der Waals surface area contributed by atoms with Gasteiger partial charge in [0, 0.05) is 26.2 Å². The maximum atomic E-state index is 14.0. The molecule has 1 aromatic carbocycles. The Kier molecular flexibility index (Phi) is 6.26. The van der Waals surface area contributed by atoms with Gasteiger partial charge in [0.1, 0.15) is 18.5 Å². The van der Waals surface area contributed by atoms with E-state index in [1.807, 2.05) is 0 Å². The fraction of sp³-hybridized carbons (Fsp3) is 0.538. The molecule has 2 N–H and O–H groups in total. The minimum absolute atomic E-state index is 0. The van der Waals surface area contributed by atoms with Crippen LogP contribution in [0.4, 0.5) is 13.2 Å². The molecule has 1 atom stereocenters. The molecular formula is C13H18ClF3N2O. The predicted octanol–water partition coefficient (Wildman–Crippen LogP) is 1.82. The SMILES string of the molecule is Cl.OCC(F)(F)[C@H](c1ccc(F)cc1)N1CCNCC1. The molecule has 7 heteroatoms. The average molecular weight is 311 g/mol. The second-order valence-electron chi connectivity index (χ2n) is 4.66. The predicted molar refractivity (Wildman–Crippen MR) is 72.9 cm³/mol. The molecule has 0 unspecified atom stereocenters. The van der Waals surface area contributed by atoms with Gasteiger partial charge in [-0.15, -0.1) is 12.4 Å². The molecular weight excluding hydrogens is 293 g/mol. The van der Waals surface area contributed by atoms with Gasteiger partial charge in [0.15, 0.2) is 0 Å². The van der Waals surface area contributed by atoms with Gasteiger partial charge in [0.05, 0.1) is 0 Å². The summed E-state index contributed by atoms with van der Waals surface area (Å²) >= 11 is 0. The van der Waals surface area contributed by atoms with E-state index >= 15 is 0 Å². The lowest BCUT2D eigenvalue weighted by molar-refractivity contribution is -0.118. The van der Waals surface area contributed by atoms with Crippen molar-refractivity contribution in [2.45, 2.75) is 12.0 Å². The molecule has 1 fully saturated rings. The van der Waals surface area contributed by atoms with Crippen LogP contribution in [0, 0.1) is 5.82 Å². The van der Waals surface area contributed by atoms with Crippen LogP contribution >= 0.6 is 12.4 Å². The number of nitrogens with zero attached hydrogens (tertiary/aromatic N) is 1. The summed E-state index contributed by atoms with van der Waals surface area (Å²) in [6.07, 6.45) is 0. The zero-order chi connectivity index (χ0) is 13.9. The Morgan fingerprint density at radius 2 is 1.75 bits per heavy atom. The third-order valence-corrected chi connectivity index (χ3v) is 3.31. The molecule has 1 saturated heterocycles. The van der Waals surface area contributed by atoms with E-state index in [2.05, 4.69) is 5.32 Å². The fourth-order valence-corrected chi connectivity index (χ4v) is 2.39. The average Bonchev–Trinajstić information content (AvgIpc) is 2.42. The summed E-state index contributed by atoms with van der Waals surface area (Å²) in [5.74, 6) is -3.72. The molecule has 1 aromatic rings. The van der Waals surface area contributed by atoms with Crippen molar-refractivity contribution in [3.05, 3.63) is 35.6 Å². The quantitative estimate of drug-likeness (QED) is 0.890. The number of alkyl halides is 2. The molecule has 0 aliphatic carbocycles. The van der Waals surface area contributed by atoms with E-state index < -0.39 is 24.4 Å². The molecule has 0 aromatic heterocycles. The molecule has 0 amide bonds. The van der Waals surface area contributed by atoms with Gasteiger partial charge in [0.2, 0.25) is 0 Å². The van der Waals surface area contributed by atoms with E-state index in [1.165, 1.54) is 12.1 Å². The lowest BCUT2D eigenvalue weighted by Gasteiger charge is -2.38. The second kappa shape index (κ2) is 7.26. The maximum Gasteiger partial charge on any atom is 0.289 e. The summed E-state index contributed by atoms with van der Waals surface area (Å²) in [5, 5.41) is 12.0. The van der Waals surface area contributed by atoms with E-state index in [4.69, 9.17) is 5.11 Å². The highest BCUT2D eigenvalue weighted by Gasteiger charge is 2.43. The van der Waals surface area contributed by atoms with E-state index in [0.29, 0.717) is 31.7 Å². The largest absolute Gasteiger partial charge is 0.390 e. The van der Waals surface area contributed by atoms with Crippen LogP contribution in [0.1, 0.15) is 11.6 Å². The molecule has 1 aliphatic rings. The van der Waals surface area contributed by atoms with Gasteiger partial charge in [-0.1, -0.05) is 12.1 Å². The Hall–Kier alpha value is -0.820. The first-order valence-electron chi connectivity index (χ1n) is 6.23. The number of nitrogens with one attached hydrogen (secondary N) is 1. The summed E-state index contributed by atoms with van der Waals surface area (Å²) in [5.41, 5.74) is 0.322. The van der Waals surface area contributed by atoms with E-state index in [-0.39, 0.29) is 12.4 Å². The Morgan fingerprint density at radius 3 is 2.25 bits per heavy atom. The Bertz CT molecular complexity index is 411. The first-order chi connectivity index (χ1) is 9.04. The molecule has 114 valence electrons. The van der Waals surface area contributed by atoms with Gasteiger partial charge in [-0.25, -0.2) is 13.2 Å². The molecule has 2 rings (SSSR count). The Labute approximate surface area is 122 Å². The molecule has 1 heterocycles. The molecule has 1 aliphatic heterocycles. The van der Waals surface area contributed by atoms with Gasteiger partial charge in [-0.2, -0.15) is 0 Å². The number of hydrogen-bond acceptors (Lipinski definition) is 3. The van der Waals surface area contributed by atoms with Crippen LogP contribution in [0.3, 0.4) is 0 Å². The number of aliphatic hydroxyl groups is 1. The Balaban J connectivity index is 0.00000200. The van der Waals surface area contributed by atoms with Gasteiger partial charge in [0.25, 0.3) is 5.92 Å². The first-order valence-corrected chi connectivity index (χ1v) is 6.23. The number of piperazine rings is 1. The lowest BCUT2D eigenvalue weighted by atomic mass is 9.98. The third kappa shape index (κ3) is 3.85. The highest BCUT2D eigenvalue weighted by atomic mass is 35.5. The summed E-state index contributed by atoms with van der Waals surface area (Å²) in [4.78, 5) is 1.62. The fourth-order valence-electron chi connectivity index (χ4n) is 2.39. The Morgan fingerprint density at radius 1 is 1.20 bits per heavy atom. The van der Waals surface area contributed by atoms with Crippen molar-refractivity contribution in [2.75, 3.05) is 32.8 Å². The lowest BCUT2D eigenvalue weighted by Crippen LogP contribution is -2.51. The molecule has 3 nitrogen and oxygen atoms in total. The zero-order valence-corrected chi connectivity index (χ0v) is 11.7. The summed E-state index contributed by atoms with van der Waals surface area (Å²) < 4.78 is 40.9. The number of aliphatic hydroxyl groups excluding tert-OH is 1. The van der Waals surface area contributed by atoms with Crippen molar-refractivity contribution in [2.24, 2.45) is 0 Å². The van der Waals surface area contributed by atoms with Crippen LogP contribution in [0.2, 0.25) is 0 Å². The maximum absolute atomic E-state index is 14.0. The van der Waals surface area contributed by atoms with Gasteiger partial charge in [-0.3, -0.25) is 4.90 Å². The highest BCUT2D eigenvalue weighted by molar-refractivity contribution is 5.85. The van der Waals surface area contributed by atoms with Crippen LogP contribution in [0.15, 0.2) is 24.3 Å². The van der Waals surface area contributed by atoms with Crippen molar-refractivity contribution in [3.8, 4) is 0 Å². The smallest absolute Gasteiger partial charge is 0.289 e. The summed E-state index contributed by atoms with van der Waals surface area (Å²) in [6, 6.07) is 3.81. The topological polar surface area (TPSA) is 35.5 Å². The van der Waals surface area contributed by atoms with E-state index in [9.17, 15) is 13.2 Å². The van der Waals surface area contributed by atoms with Crippen molar-refractivity contribution in [1.29, 1.82) is 0 Å². The number of hydrogen-bond donors (Lipinski definition) is 2. The van der Waals surface area contributed by atoms with Crippen LogP contribution < -0.4 is 5.32 Å². The normalized spacial score (nSPS) is 18.4. The van der Waals surface area contributed by atoms with Crippen molar-refractivity contribution >= 4 is 12.4 Å². The summed E-state index contributed by atoms with van der Waals surface area (Å²) in [7, 11) is 0. The monoisotopic (exact) mass is 310 g/mol. The van der Waals surface area contributed by atoms with Gasteiger partial charge >= 0.3 is 0 Å². The molecule has 0 radical (unpaired) electrons. The van der Waals surface area contributed by atoms with Crippen molar-refractivity contribution < 1.29 is 18.3 Å². The third-order valence-electron chi connectivity index (χ3n) is 3.31. The number of halogens is 4.